The first-order valence-corrected chi connectivity index (χ1v) is 7.21. The Hall–Kier alpha value is -0.0400. The second kappa shape index (κ2) is 4.33. The van der Waals surface area contributed by atoms with Crippen LogP contribution in [0.25, 0.3) is 0 Å². The fraction of sp³-hybridized carbons (Fsp3) is 1.00. The molecular formula is C15H29N. The first-order valence-electron chi connectivity index (χ1n) is 7.21. The van der Waals surface area contributed by atoms with Crippen LogP contribution in [0.3, 0.4) is 0 Å². The molecule has 2 rings (SSSR count). The molecule has 2 saturated carbocycles. The average Bonchev–Trinajstić information content (AvgIpc) is 2.70. The minimum atomic E-state index is 0.207. The number of hydrogen-bond acceptors (Lipinski definition) is 1. The molecule has 0 aliphatic heterocycles. The van der Waals surface area contributed by atoms with Crippen LogP contribution in [0.15, 0.2) is 0 Å². The van der Waals surface area contributed by atoms with Crippen molar-refractivity contribution >= 4 is 0 Å². The first-order chi connectivity index (χ1) is 7.42. The van der Waals surface area contributed by atoms with E-state index in [1.807, 2.05) is 0 Å². The fourth-order valence-corrected chi connectivity index (χ4v) is 3.93. The second-order valence-electron chi connectivity index (χ2n) is 7.35. The molecule has 0 unspecified atom stereocenters. The van der Waals surface area contributed by atoms with E-state index in [-0.39, 0.29) is 5.54 Å². The van der Waals surface area contributed by atoms with Crippen molar-refractivity contribution in [2.75, 3.05) is 0 Å². The van der Waals surface area contributed by atoms with Crippen molar-refractivity contribution in [3.05, 3.63) is 0 Å². The van der Waals surface area contributed by atoms with Gasteiger partial charge in [0, 0.05) is 5.54 Å². The van der Waals surface area contributed by atoms with E-state index in [0.717, 1.165) is 11.8 Å². The summed E-state index contributed by atoms with van der Waals surface area (Å²) in [5.74, 6) is 1.74. The monoisotopic (exact) mass is 223 g/mol. The maximum atomic E-state index is 6.67. The maximum absolute atomic E-state index is 6.67. The van der Waals surface area contributed by atoms with Crippen LogP contribution in [-0.4, -0.2) is 5.54 Å². The van der Waals surface area contributed by atoms with Gasteiger partial charge in [-0.25, -0.2) is 0 Å². The third-order valence-electron chi connectivity index (χ3n) is 5.31. The second-order valence-corrected chi connectivity index (χ2v) is 7.35. The van der Waals surface area contributed by atoms with Gasteiger partial charge >= 0.3 is 0 Å². The van der Waals surface area contributed by atoms with Crippen molar-refractivity contribution in [2.24, 2.45) is 23.0 Å². The largest absolute Gasteiger partial charge is 0.325 e. The van der Waals surface area contributed by atoms with E-state index in [0.29, 0.717) is 5.41 Å². The van der Waals surface area contributed by atoms with Crippen LogP contribution in [-0.2, 0) is 0 Å². The highest BCUT2D eigenvalue weighted by Crippen LogP contribution is 2.46. The van der Waals surface area contributed by atoms with Gasteiger partial charge in [-0.1, -0.05) is 33.6 Å². The van der Waals surface area contributed by atoms with Crippen LogP contribution >= 0.6 is 0 Å². The van der Waals surface area contributed by atoms with Gasteiger partial charge in [0.25, 0.3) is 0 Å². The standard InChI is InChI=1S/C15H29N/c1-14(2,3)12-8-10-15(16,11-9-12)13-6-4-5-7-13/h12-13H,4-11,16H2,1-3H3. The average molecular weight is 223 g/mol. The molecule has 0 aromatic rings. The summed E-state index contributed by atoms with van der Waals surface area (Å²) in [6.45, 7) is 7.16. The Morgan fingerprint density at radius 1 is 0.938 bits per heavy atom. The zero-order valence-electron chi connectivity index (χ0n) is 11.4. The summed E-state index contributed by atoms with van der Waals surface area (Å²) in [5, 5.41) is 0. The molecule has 0 amide bonds. The minimum absolute atomic E-state index is 0.207. The van der Waals surface area contributed by atoms with Crippen molar-refractivity contribution in [2.45, 2.75) is 77.7 Å². The van der Waals surface area contributed by atoms with E-state index < -0.39 is 0 Å². The molecule has 16 heavy (non-hydrogen) atoms. The Balaban J connectivity index is 1.93. The number of rotatable bonds is 1. The zero-order valence-corrected chi connectivity index (χ0v) is 11.4. The van der Waals surface area contributed by atoms with Crippen molar-refractivity contribution in [3.63, 3.8) is 0 Å². The van der Waals surface area contributed by atoms with Gasteiger partial charge in [0.15, 0.2) is 0 Å². The molecular weight excluding hydrogens is 194 g/mol. The van der Waals surface area contributed by atoms with Crippen molar-refractivity contribution < 1.29 is 0 Å². The van der Waals surface area contributed by atoms with E-state index >= 15 is 0 Å². The summed E-state index contributed by atoms with van der Waals surface area (Å²) in [6, 6.07) is 0. The van der Waals surface area contributed by atoms with Crippen LogP contribution in [0.4, 0.5) is 0 Å². The molecule has 0 aromatic heterocycles. The van der Waals surface area contributed by atoms with E-state index in [2.05, 4.69) is 20.8 Å². The SMILES string of the molecule is CC(C)(C)C1CCC(N)(C2CCCC2)CC1. The molecule has 1 nitrogen and oxygen atoms in total. The summed E-state index contributed by atoms with van der Waals surface area (Å²) < 4.78 is 0. The third-order valence-corrected chi connectivity index (χ3v) is 5.31. The molecule has 2 aliphatic rings. The molecule has 94 valence electrons. The Morgan fingerprint density at radius 3 is 1.88 bits per heavy atom. The van der Waals surface area contributed by atoms with Crippen LogP contribution in [0, 0.1) is 17.3 Å². The zero-order chi connectivity index (χ0) is 11.8. The normalized spacial score (nSPS) is 37.9. The predicted molar refractivity (Wildman–Crippen MR) is 70.3 cm³/mol. The maximum Gasteiger partial charge on any atom is 0.0183 e. The van der Waals surface area contributed by atoms with E-state index in [4.69, 9.17) is 5.73 Å². The molecule has 0 radical (unpaired) electrons. The van der Waals surface area contributed by atoms with Crippen LogP contribution in [0.2, 0.25) is 0 Å². The summed E-state index contributed by atoms with van der Waals surface area (Å²) in [5.41, 5.74) is 7.36. The lowest BCUT2D eigenvalue weighted by molar-refractivity contribution is 0.102. The molecule has 0 heterocycles. The van der Waals surface area contributed by atoms with E-state index in [1.165, 1.54) is 51.4 Å². The topological polar surface area (TPSA) is 26.0 Å². The molecule has 0 aromatic carbocycles. The van der Waals surface area contributed by atoms with Gasteiger partial charge in [-0.15, -0.1) is 0 Å². The Labute approximate surface area is 101 Å². The van der Waals surface area contributed by atoms with Crippen LogP contribution in [0.5, 0.6) is 0 Å². The lowest BCUT2D eigenvalue weighted by Crippen LogP contribution is -2.50. The minimum Gasteiger partial charge on any atom is -0.325 e. The molecule has 0 bridgehead atoms. The van der Waals surface area contributed by atoms with Crippen molar-refractivity contribution in [3.8, 4) is 0 Å². The van der Waals surface area contributed by atoms with Gasteiger partial charge in [-0.05, 0) is 55.8 Å². The van der Waals surface area contributed by atoms with Gasteiger partial charge < -0.3 is 5.73 Å². The quantitative estimate of drug-likeness (QED) is 0.711. The Kier molecular flexibility index (Phi) is 3.36. The lowest BCUT2D eigenvalue weighted by atomic mass is 9.64. The highest BCUT2D eigenvalue weighted by molar-refractivity contribution is 4.98. The number of hydrogen-bond donors (Lipinski definition) is 1. The summed E-state index contributed by atoms with van der Waals surface area (Å²) >= 11 is 0. The highest BCUT2D eigenvalue weighted by atomic mass is 14.8. The molecule has 0 saturated heterocycles. The van der Waals surface area contributed by atoms with Gasteiger partial charge in [0.1, 0.15) is 0 Å². The summed E-state index contributed by atoms with van der Waals surface area (Å²) in [7, 11) is 0. The van der Waals surface area contributed by atoms with Crippen molar-refractivity contribution in [1.82, 2.24) is 0 Å². The molecule has 2 fully saturated rings. The summed E-state index contributed by atoms with van der Waals surface area (Å²) in [4.78, 5) is 0. The molecule has 2 aliphatic carbocycles. The van der Waals surface area contributed by atoms with Crippen LogP contribution < -0.4 is 5.73 Å². The van der Waals surface area contributed by atoms with E-state index in [9.17, 15) is 0 Å². The third kappa shape index (κ3) is 2.45. The van der Waals surface area contributed by atoms with Gasteiger partial charge in [0.05, 0.1) is 0 Å². The van der Waals surface area contributed by atoms with Crippen LogP contribution in [0.1, 0.15) is 72.1 Å². The lowest BCUT2D eigenvalue weighted by Gasteiger charge is -2.45. The molecule has 0 atom stereocenters. The molecule has 1 heteroatoms. The fourth-order valence-electron chi connectivity index (χ4n) is 3.93. The molecule has 0 spiro atoms. The number of nitrogens with two attached hydrogens (primary N) is 1. The molecule has 2 N–H and O–H groups in total. The van der Waals surface area contributed by atoms with Gasteiger partial charge in [-0.2, -0.15) is 0 Å². The smallest absolute Gasteiger partial charge is 0.0183 e. The van der Waals surface area contributed by atoms with E-state index in [1.54, 1.807) is 0 Å². The summed E-state index contributed by atoms with van der Waals surface area (Å²) in [6.07, 6.45) is 10.9. The Bertz CT molecular complexity index is 224. The van der Waals surface area contributed by atoms with Crippen molar-refractivity contribution in [1.29, 1.82) is 0 Å². The first kappa shape index (κ1) is 12.4. The highest BCUT2D eigenvalue weighted by Gasteiger charge is 2.41. The Morgan fingerprint density at radius 2 is 1.44 bits per heavy atom. The van der Waals surface area contributed by atoms with Gasteiger partial charge in [0.2, 0.25) is 0 Å². The van der Waals surface area contributed by atoms with Gasteiger partial charge in [-0.3, -0.25) is 0 Å². The predicted octanol–water partition coefficient (Wildman–Crippen LogP) is 4.11.